The molecule has 0 bridgehead atoms. The van der Waals surface area contributed by atoms with Gasteiger partial charge >= 0.3 is 0 Å². The molecule has 2 aromatic rings. The fourth-order valence-electron chi connectivity index (χ4n) is 4.58. The normalized spacial score (nSPS) is 22.0. The SMILES string of the molecule is Cc1cccc(N2CCC(N3CCCC(C(=O)c4ccccn4)C3)CC2)c1. The topological polar surface area (TPSA) is 36.4 Å². The molecule has 2 saturated heterocycles. The van der Waals surface area contributed by atoms with Gasteiger partial charge in [0.25, 0.3) is 0 Å². The number of hydrogen-bond acceptors (Lipinski definition) is 4. The zero-order valence-corrected chi connectivity index (χ0v) is 16.2. The van der Waals surface area contributed by atoms with E-state index in [0.717, 1.165) is 39.0 Å². The first-order valence-corrected chi connectivity index (χ1v) is 10.2. The second kappa shape index (κ2) is 8.22. The van der Waals surface area contributed by atoms with Crippen molar-refractivity contribution in [2.45, 2.75) is 38.6 Å². The monoisotopic (exact) mass is 363 g/mol. The lowest BCUT2D eigenvalue weighted by Gasteiger charge is -2.42. The van der Waals surface area contributed by atoms with Crippen LogP contribution in [-0.2, 0) is 0 Å². The smallest absolute Gasteiger partial charge is 0.185 e. The van der Waals surface area contributed by atoms with Gasteiger partial charge in [0.15, 0.2) is 5.78 Å². The molecule has 1 aromatic heterocycles. The number of rotatable bonds is 4. The van der Waals surface area contributed by atoms with E-state index in [1.54, 1.807) is 6.20 Å². The van der Waals surface area contributed by atoms with Crippen molar-refractivity contribution in [1.82, 2.24) is 9.88 Å². The predicted molar refractivity (Wildman–Crippen MR) is 109 cm³/mol. The predicted octanol–water partition coefficient (Wildman–Crippen LogP) is 3.95. The van der Waals surface area contributed by atoms with E-state index >= 15 is 0 Å². The first-order valence-electron chi connectivity index (χ1n) is 10.2. The van der Waals surface area contributed by atoms with E-state index in [2.05, 4.69) is 46.0 Å². The van der Waals surface area contributed by atoms with Gasteiger partial charge in [0.1, 0.15) is 5.69 Å². The first-order chi connectivity index (χ1) is 13.2. The van der Waals surface area contributed by atoms with Crippen LogP contribution in [0, 0.1) is 12.8 Å². The largest absolute Gasteiger partial charge is 0.371 e. The van der Waals surface area contributed by atoms with Gasteiger partial charge in [-0.25, -0.2) is 0 Å². The molecule has 2 aliphatic rings. The summed E-state index contributed by atoms with van der Waals surface area (Å²) in [5.41, 5.74) is 3.29. The average molecular weight is 364 g/mol. The molecule has 0 amide bonds. The summed E-state index contributed by atoms with van der Waals surface area (Å²) in [5, 5.41) is 0. The molecule has 1 aromatic carbocycles. The maximum atomic E-state index is 12.8. The van der Waals surface area contributed by atoms with Gasteiger partial charge in [-0.3, -0.25) is 14.7 Å². The number of carbonyl (C=O) groups is 1. The van der Waals surface area contributed by atoms with Gasteiger partial charge in [-0.1, -0.05) is 18.2 Å². The lowest BCUT2D eigenvalue weighted by molar-refractivity contribution is 0.0715. The number of pyridine rings is 1. The summed E-state index contributed by atoms with van der Waals surface area (Å²) in [5.74, 6) is 0.320. The van der Waals surface area contributed by atoms with Crippen molar-refractivity contribution in [1.29, 1.82) is 0 Å². The Hall–Kier alpha value is -2.20. The van der Waals surface area contributed by atoms with Crippen molar-refractivity contribution in [2.75, 3.05) is 31.1 Å². The summed E-state index contributed by atoms with van der Waals surface area (Å²) < 4.78 is 0. The number of piperidine rings is 2. The number of benzene rings is 1. The lowest BCUT2D eigenvalue weighted by Crippen LogP contribution is -2.49. The molecule has 2 aliphatic heterocycles. The molecule has 1 atom stereocenters. The highest BCUT2D eigenvalue weighted by atomic mass is 16.1. The molecule has 3 heterocycles. The van der Waals surface area contributed by atoms with E-state index in [9.17, 15) is 4.79 Å². The number of carbonyl (C=O) groups excluding carboxylic acids is 1. The number of aromatic nitrogens is 1. The zero-order valence-electron chi connectivity index (χ0n) is 16.2. The molecule has 0 saturated carbocycles. The van der Waals surface area contributed by atoms with Gasteiger partial charge in [0, 0.05) is 43.5 Å². The molecule has 1 unspecified atom stereocenters. The summed E-state index contributed by atoms with van der Waals surface area (Å²) >= 11 is 0. The van der Waals surface area contributed by atoms with E-state index in [-0.39, 0.29) is 11.7 Å². The molecule has 4 nitrogen and oxygen atoms in total. The van der Waals surface area contributed by atoms with Crippen LogP contribution in [0.15, 0.2) is 48.7 Å². The Morgan fingerprint density at radius 3 is 2.63 bits per heavy atom. The highest BCUT2D eigenvalue weighted by Crippen LogP contribution is 2.27. The van der Waals surface area contributed by atoms with Gasteiger partial charge in [-0.15, -0.1) is 0 Å². The molecule has 0 spiro atoms. The molecule has 0 N–H and O–H groups in total. The second-order valence-electron chi connectivity index (χ2n) is 7.97. The van der Waals surface area contributed by atoms with Crippen molar-refractivity contribution in [3.8, 4) is 0 Å². The van der Waals surface area contributed by atoms with Crippen molar-refractivity contribution < 1.29 is 4.79 Å². The summed E-state index contributed by atoms with van der Waals surface area (Å²) in [6.45, 7) is 6.38. The lowest BCUT2D eigenvalue weighted by atomic mass is 9.89. The third kappa shape index (κ3) is 4.22. The standard InChI is InChI=1S/C23H29N3O/c1-18-6-4-8-21(16-18)25-14-10-20(11-15-25)26-13-5-7-19(17-26)23(27)22-9-2-3-12-24-22/h2-4,6,8-9,12,16,19-20H,5,7,10-11,13-15,17H2,1H3. The molecule has 4 heteroatoms. The fraction of sp³-hybridized carbons (Fsp3) is 0.478. The van der Waals surface area contributed by atoms with Crippen molar-refractivity contribution in [2.24, 2.45) is 5.92 Å². The third-order valence-electron chi connectivity index (χ3n) is 6.09. The number of nitrogens with zero attached hydrogens (tertiary/aromatic N) is 3. The minimum Gasteiger partial charge on any atom is -0.371 e. The van der Waals surface area contributed by atoms with Gasteiger partial charge in [0.05, 0.1) is 0 Å². The minimum atomic E-state index is 0.100. The van der Waals surface area contributed by atoms with Gasteiger partial charge < -0.3 is 4.90 Å². The molecule has 0 radical (unpaired) electrons. The fourth-order valence-corrected chi connectivity index (χ4v) is 4.58. The number of Topliss-reactive ketones (excluding diaryl/α,β-unsaturated/α-hetero) is 1. The third-order valence-corrected chi connectivity index (χ3v) is 6.09. The van der Waals surface area contributed by atoms with Crippen LogP contribution in [0.2, 0.25) is 0 Å². The molecular formula is C23H29N3O. The van der Waals surface area contributed by atoms with E-state index in [4.69, 9.17) is 0 Å². The highest BCUT2D eigenvalue weighted by Gasteiger charge is 2.32. The van der Waals surface area contributed by atoms with Crippen LogP contribution in [0.3, 0.4) is 0 Å². The molecule has 142 valence electrons. The van der Waals surface area contributed by atoms with E-state index in [0.29, 0.717) is 11.7 Å². The van der Waals surface area contributed by atoms with E-state index in [1.165, 1.54) is 24.1 Å². The maximum absolute atomic E-state index is 12.8. The van der Waals surface area contributed by atoms with Gasteiger partial charge in [-0.05, 0) is 69.0 Å². The highest BCUT2D eigenvalue weighted by molar-refractivity contribution is 5.96. The van der Waals surface area contributed by atoms with E-state index < -0.39 is 0 Å². The van der Waals surface area contributed by atoms with Crippen molar-refractivity contribution in [3.63, 3.8) is 0 Å². The number of aryl methyl sites for hydroxylation is 1. The summed E-state index contributed by atoms with van der Waals surface area (Å²) in [6, 6.07) is 15.0. The van der Waals surface area contributed by atoms with Crippen LogP contribution in [0.1, 0.15) is 41.7 Å². The summed E-state index contributed by atoms with van der Waals surface area (Å²) in [4.78, 5) is 22.1. The number of hydrogen-bond donors (Lipinski definition) is 0. The second-order valence-corrected chi connectivity index (χ2v) is 7.97. The van der Waals surface area contributed by atoms with Crippen LogP contribution in [0.4, 0.5) is 5.69 Å². The van der Waals surface area contributed by atoms with Crippen molar-refractivity contribution >= 4 is 11.5 Å². The van der Waals surface area contributed by atoms with Gasteiger partial charge in [0.2, 0.25) is 0 Å². The number of likely N-dealkylation sites (tertiary alicyclic amines) is 1. The van der Waals surface area contributed by atoms with Crippen LogP contribution < -0.4 is 4.90 Å². The van der Waals surface area contributed by atoms with Crippen LogP contribution in [0.5, 0.6) is 0 Å². The number of ketones is 1. The Balaban J connectivity index is 1.35. The Morgan fingerprint density at radius 2 is 1.89 bits per heavy atom. The van der Waals surface area contributed by atoms with E-state index in [1.807, 2.05) is 18.2 Å². The Kier molecular flexibility index (Phi) is 5.53. The summed E-state index contributed by atoms with van der Waals surface area (Å²) in [6.07, 6.45) is 6.18. The first kappa shape index (κ1) is 18.2. The number of anilines is 1. The Bertz CT molecular complexity index is 768. The average Bonchev–Trinajstić information content (AvgIpc) is 2.74. The summed E-state index contributed by atoms with van der Waals surface area (Å²) in [7, 11) is 0. The molecule has 2 fully saturated rings. The van der Waals surface area contributed by atoms with Crippen LogP contribution in [0.25, 0.3) is 0 Å². The van der Waals surface area contributed by atoms with Crippen LogP contribution in [-0.4, -0.2) is 47.9 Å². The zero-order chi connectivity index (χ0) is 18.6. The van der Waals surface area contributed by atoms with Crippen molar-refractivity contribution in [3.05, 3.63) is 59.9 Å². The molecule has 4 rings (SSSR count). The maximum Gasteiger partial charge on any atom is 0.185 e. The van der Waals surface area contributed by atoms with Gasteiger partial charge in [-0.2, -0.15) is 0 Å². The quantitative estimate of drug-likeness (QED) is 0.771. The molecular weight excluding hydrogens is 334 g/mol. The van der Waals surface area contributed by atoms with Crippen LogP contribution >= 0.6 is 0 Å². The molecule has 0 aliphatic carbocycles. The molecule has 27 heavy (non-hydrogen) atoms. The Morgan fingerprint density at radius 1 is 1.04 bits per heavy atom. The minimum absolute atomic E-state index is 0.100. The Labute approximate surface area is 162 Å².